The number of nitrogens with two attached hydrogens (primary N) is 4. The van der Waals surface area contributed by atoms with Gasteiger partial charge < -0.3 is 91.6 Å². The van der Waals surface area contributed by atoms with Gasteiger partial charge in [0.2, 0.25) is 59.1 Å². The van der Waals surface area contributed by atoms with E-state index < -0.39 is 145 Å². The number of rotatable bonds is 20. The summed E-state index contributed by atoms with van der Waals surface area (Å²) in [6, 6.07) is -4.48. The van der Waals surface area contributed by atoms with Crippen LogP contribution in [0.25, 0.3) is 0 Å². The first-order valence-corrected chi connectivity index (χ1v) is 25.6. The highest BCUT2D eigenvalue weighted by Gasteiger charge is 2.37. The SMILES string of the molecule is CC(C)CC1NC(=O)C(Cc2ccccc2)NC(=O)C(CCN)NC(=O)C(NC(=O)C(CCN)NC(=O)C(NC(=O)C2CCNC2)C(C)O)CCNC(=O)C(C(C)O)NC(=O)C(CCN)NC(=O)C(CCN)NC1=O. The normalized spacial score (nSPS) is 25.6. The van der Waals surface area contributed by atoms with E-state index in [0.29, 0.717) is 25.1 Å². The average molecular weight is 1060 g/mol. The molecule has 3 rings (SSSR count). The summed E-state index contributed by atoms with van der Waals surface area (Å²) < 4.78 is 0. The Morgan fingerprint density at radius 3 is 1.64 bits per heavy atom. The Balaban J connectivity index is 2.11. The largest absolute Gasteiger partial charge is 0.391 e. The van der Waals surface area contributed by atoms with Gasteiger partial charge in [-0.15, -0.1) is 0 Å². The Bertz CT molecular complexity index is 2080. The molecular formula is C48H81N15O12. The highest BCUT2D eigenvalue weighted by atomic mass is 16.3. The van der Waals surface area contributed by atoms with Gasteiger partial charge in [-0.2, -0.15) is 0 Å². The molecule has 0 spiro atoms. The van der Waals surface area contributed by atoms with Gasteiger partial charge in [-0.1, -0.05) is 44.2 Å². The van der Waals surface area contributed by atoms with Crippen molar-refractivity contribution in [1.82, 2.24) is 58.5 Å². The minimum absolute atomic E-state index is 0.0619. The minimum Gasteiger partial charge on any atom is -0.391 e. The van der Waals surface area contributed by atoms with Crippen LogP contribution in [0.2, 0.25) is 0 Å². The van der Waals surface area contributed by atoms with Crippen LogP contribution in [0.1, 0.15) is 78.2 Å². The first-order valence-electron chi connectivity index (χ1n) is 25.6. The second kappa shape index (κ2) is 32.2. The van der Waals surface area contributed by atoms with E-state index in [1.807, 2.05) is 0 Å². The quantitative estimate of drug-likeness (QED) is 0.0577. The third kappa shape index (κ3) is 20.7. The van der Waals surface area contributed by atoms with Gasteiger partial charge in [0, 0.05) is 19.5 Å². The summed E-state index contributed by atoms with van der Waals surface area (Å²) in [5.41, 5.74) is 24.0. The third-order valence-electron chi connectivity index (χ3n) is 12.5. The minimum atomic E-state index is -1.66. The molecule has 2 fully saturated rings. The summed E-state index contributed by atoms with van der Waals surface area (Å²) in [6.07, 6.45) is -3.58. The Labute approximate surface area is 436 Å². The second-order valence-corrected chi connectivity index (χ2v) is 19.3. The molecule has 1 aromatic rings. The maximum Gasteiger partial charge on any atom is 0.245 e. The molecule has 0 saturated carbocycles. The third-order valence-corrected chi connectivity index (χ3v) is 12.5. The second-order valence-electron chi connectivity index (χ2n) is 19.3. The molecule has 27 nitrogen and oxygen atoms in total. The Hall–Kier alpha value is -6.36. The summed E-state index contributed by atoms with van der Waals surface area (Å²) >= 11 is 0. The molecule has 10 amide bonds. The molecule has 0 radical (unpaired) electrons. The first kappa shape index (κ1) is 62.9. The summed E-state index contributed by atoms with van der Waals surface area (Å²) in [4.78, 5) is 139. The van der Waals surface area contributed by atoms with Crippen LogP contribution < -0.4 is 81.4 Å². The molecule has 0 aromatic heterocycles. The zero-order valence-electron chi connectivity index (χ0n) is 43.3. The fourth-order valence-corrected chi connectivity index (χ4v) is 8.33. The maximum absolute atomic E-state index is 14.4. The highest BCUT2D eigenvalue weighted by molar-refractivity contribution is 5.99. The molecule has 21 N–H and O–H groups in total. The van der Waals surface area contributed by atoms with Crippen molar-refractivity contribution in [2.75, 3.05) is 45.8 Å². The lowest BCUT2D eigenvalue weighted by atomic mass is 10.00. The van der Waals surface area contributed by atoms with Crippen molar-refractivity contribution in [2.45, 2.75) is 146 Å². The lowest BCUT2D eigenvalue weighted by molar-refractivity contribution is -0.136. The van der Waals surface area contributed by atoms with Gasteiger partial charge in [0.25, 0.3) is 0 Å². The molecular weight excluding hydrogens is 979 g/mol. The number of aliphatic hydroxyl groups excluding tert-OH is 2. The molecule has 12 atom stereocenters. The highest BCUT2D eigenvalue weighted by Crippen LogP contribution is 2.12. The van der Waals surface area contributed by atoms with Gasteiger partial charge in [0.15, 0.2) is 0 Å². The first-order chi connectivity index (χ1) is 35.6. The van der Waals surface area contributed by atoms with Crippen molar-refractivity contribution in [1.29, 1.82) is 0 Å². The van der Waals surface area contributed by atoms with Crippen LogP contribution in [-0.2, 0) is 54.4 Å². The van der Waals surface area contributed by atoms with Crippen molar-refractivity contribution in [3.63, 3.8) is 0 Å². The van der Waals surface area contributed by atoms with Crippen molar-refractivity contribution < 1.29 is 58.2 Å². The molecule has 1 aromatic carbocycles. The standard InChI is InChI=1S/C48H81N15O12/c1-25(2)22-35-45(72)57-30(10-16-49)40(67)56-33(13-19-52)44(71)63-37(26(3)64)47(74)54-21-15-34(43(70)55-31(11-17-50)42(69)61-36(46(73)60-35)23-28-8-6-5-7-9-28)58-41(68)32(12-18-51)59-48(75)38(27(4)65)62-39(66)29-14-20-53-24-29/h5-9,25-27,29-38,53,64-65H,10-24,49-52H2,1-4H3,(H,54,74)(H,55,70)(H,56,67)(H,57,72)(H,58,68)(H,59,75)(H,60,73)(H,61,69)(H,62,66)(H,63,71). The molecule has 27 heteroatoms. The Morgan fingerprint density at radius 1 is 0.613 bits per heavy atom. The molecule has 2 saturated heterocycles. The van der Waals surface area contributed by atoms with E-state index in [4.69, 9.17) is 22.9 Å². The molecule has 420 valence electrons. The van der Waals surface area contributed by atoms with Gasteiger partial charge in [-0.25, -0.2) is 0 Å². The summed E-state index contributed by atoms with van der Waals surface area (Å²) in [5.74, 6) is -9.29. The van der Waals surface area contributed by atoms with Crippen LogP contribution in [0.5, 0.6) is 0 Å². The molecule has 2 aliphatic rings. The molecule has 0 bridgehead atoms. The summed E-state index contributed by atoms with van der Waals surface area (Å²) in [7, 11) is 0. The van der Waals surface area contributed by atoms with E-state index in [9.17, 15) is 58.2 Å². The fraction of sp³-hybridized carbons (Fsp3) is 0.667. The van der Waals surface area contributed by atoms with E-state index in [0.717, 1.165) is 0 Å². The van der Waals surface area contributed by atoms with Crippen LogP contribution in [0, 0.1) is 11.8 Å². The van der Waals surface area contributed by atoms with E-state index in [2.05, 4.69) is 58.5 Å². The van der Waals surface area contributed by atoms with Crippen molar-refractivity contribution in [3.8, 4) is 0 Å². The number of aliphatic hydroxyl groups is 2. The average Bonchev–Trinajstić information content (AvgIpc) is 3.91. The number of hydrogen-bond donors (Lipinski definition) is 17. The van der Waals surface area contributed by atoms with Gasteiger partial charge in [-0.3, -0.25) is 47.9 Å². The predicted octanol–water partition coefficient (Wildman–Crippen LogP) is -7.08. The summed E-state index contributed by atoms with van der Waals surface area (Å²) in [6.45, 7) is 6.02. The Morgan fingerprint density at radius 2 is 1.13 bits per heavy atom. The van der Waals surface area contributed by atoms with Crippen LogP contribution in [0.3, 0.4) is 0 Å². The van der Waals surface area contributed by atoms with Crippen LogP contribution in [-0.4, -0.2) is 182 Å². The molecule has 2 heterocycles. The number of nitrogens with one attached hydrogen (secondary N) is 11. The molecule has 12 unspecified atom stereocenters. The van der Waals surface area contributed by atoms with Gasteiger partial charge in [0.05, 0.1) is 18.1 Å². The van der Waals surface area contributed by atoms with Crippen LogP contribution in [0.15, 0.2) is 30.3 Å². The van der Waals surface area contributed by atoms with E-state index in [1.165, 1.54) is 13.8 Å². The van der Waals surface area contributed by atoms with Crippen molar-refractivity contribution in [2.24, 2.45) is 34.8 Å². The topological polar surface area (TPSA) is 448 Å². The lowest BCUT2D eigenvalue weighted by Crippen LogP contribution is -2.61. The number of carbonyl (C=O) groups excluding carboxylic acids is 10. The summed E-state index contributed by atoms with van der Waals surface area (Å²) in [5, 5.41) is 49.9. The Kier molecular flexibility index (Phi) is 27.0. The number of hydrogen-bond acceptors (Lipinski definition) is 17. The molecule has 0 aliphatic carbocycles. The van der Waals surface area contributed by atoms with Crippen molar-refractivity contribution in [3.05, 3.63) is 35.9 Å². The van der Waals surface area contributed by atoms with Crippen LogP contribution in [0.4, 0.5) is 0 Å². The monoisotopic (exact) mass is 1060 g/mol. The van der Waals surface area contributed by atoms with E-state index >= 15 is 0 Å². The van der Waals surface area contributed by atoms with E-state index in [-0.39, 0.29) is 70.6 Å². The van der Waals surface area contributed by atoms with Crippen molar-refractivity contribution >= 4 is 59.1 Å². The van der Waals surface area contributed by atoms with Gasteiger partial charge in [-0.05, 0) is 103 Å². The van der Waals surface area contributed by atoms with Gasteiger partial charge in [0.1, 0.15) is 54.4 Å². The molecule has 2 aliphatic heterocycles. The lowest BCUT2D eigenvalue weighted by Gasteiger charge is -2.28. The fourth-order valence-electron chi connectivity index (χ4n) is 8.33. The zero-order valence-corrected chi connectivity index (χ0v) is 43.3. The number of carbonyl (C=O) groups is 10. The smallest absolute Gasteiger partial charge is 0.245 e. The van der Waals surface area contributed by atoms with Gasteiger partial charge >= 0.3 is 0 Å². The number of amides is 10. The number of benzene rings is 1. The maximum atomic E-state index is 14.4. The van der Waals surface area contributed by atoms with E-state index in [1.54, 1.807) is 44.2 Å². The zero-order chi connectivity index (χ0) is 55.8. The molecule has 75 heavy (non-hydrogen) atoms. The van der Waals surface area contributed by atoms with Crippen LogP contribution >= 0.6 is 0 Å². The predicted molar refractivity (Wildman–Crippen MR) is 274 cm³/mol.